The zero-order valence-corrected chi connectivity index (χ0v) is 12.5. The van der Waals surface area contributed by atoms with Gasteiger partial charge in [-0.15, -0.1) is 0 Å². The lowest BCUT2D eigenvalue weighted by Crippen LogP contribution is -2.62. The van der Waals surface area contributed by atoms with Crippen molar-refractivity contribution in [2.24, 2.45) is 0 Å². The van der Waals surface area contributed by atoms with E-state index in [4.69, 9.17) is 0 Å². The third-order valence-electron chi connectivity index (χ3n) is 4.88. The van der Waals surface area contributed by atoms with E-state index >= 15 is 0 Å². The highest BCUT2D eigenvalue weighted by molar-refractivity contribution is 5.20. The molecule has 0 radical (unpaired) electrons. The molecule has 1 aromatic carbocycles. The molecule has 1 saturated heterocycles. The van der Waals surface area contributed by atoms with Crippen LogP contribution in [0.4, 0.5) is 8.78 Å². The quantitative estimate of drug-likeness (QED) is 0.919. The van der Waals surface area contributed by atoms with Gasteiger partial charge in [0, 0.05) is 30.7 Å². The minimum Gasteiger partial charge on any atom is -0.309 e. The molecule has 1 aliphatic carbocycles. The van der Waals surface area contributed by atoms with Gasteiger partial charge in [-0.1, -0.05) is 49.6 Å². The predicted molar refractivity (Wildman–Crippen MR) is 80.6 cm³/mol. The molecule has 0 aromatic heterocycles. The van der Waals surface area contributed by atoms with E-state index in [0.29, 0.717) is 6.54 Å². The van der Waals surface area contributed by atoms with Crippen molar-refractivity contribution in [3.63, 3.8) is 0 Å². The molecule has 116 valence electrons. The van der Waals surface area contributed by atoms with Crippen molar-refractivity contribution in [2.45, 2.75) is 43.6 Å². The van der Waals surface area contributed by atoms with Crippen LogP contribution < -0.4 is 5.32 Å². The molecule has 1 N–H and O–H groups in total. The first-order valence-corrected chi connectivity index (χ1v) is 8.01. The summed E-state index contributed by atoms with van der Waals surface area (Å²) in [7, 11) is 0. The highest BCUT2D eigenvalue weighted by Crippen LogP contribution is 2.33. The largest absolute Gasteiger partial charge is 0.309 e. The van der Waals surface area contributed by atoms with Crippen molar-refractivity contribution in [1.82, 2.24) is 10.2 Å². The summed E-state index contributed by atoms with van der Waals surface area (Å²) in [4.78, 5) is 1.95. The lowest BCUT2D eigenvalue weighted by Gasteiger charge is -2.46. The molecule has 2 fully saturated rings. The van der Waals surface area contributed by atoms with Crippen LogP contribution in [0.25, 0.3) is 0 Å². The van der Waals surface area contributed by atoms with Gasteiger partial charge in [0.2, 0.25) is 0 Å². The van der Waals surface area contributed by atoms with Crippen LogP contribution in [-0.4, -0.2) is 36.6 Å². The average Bonchev–Trinajstić information content (AvgIpc) is 2.48. The molecule has 2 aliphatic rings. The molecule has 0 unspecified atom stereocenters. The zero-order chi connectivity index (χ0) is 14.8. The topological polar surface area (TPSA) is 15.3 Å². The molecule has 0 amide bonds. The highest BCUT2D eigenvalue weighted by atomic mass is 19.3. The number of nitrogens with one attached hydrogen (secondary N) is 1. The first-order valence-electron chi connectivity index (χ1n) is 8.01. The Kier molecular flexibility index (Phi) is 4.27. The van der Waals surface area contributed by atoms with Gasteiger partial charge in [-0.2, -0.15) is 8.78 Å². The van der Waals surface area contributed by atoms with E-state index in [1.165, 1.54) is 31.4 Å². The maximum atomic E-state index is 14.4. The molecule has 21 heavy (non-hydrogen) atoms. The van der Waals surface area contributed by atoms with Crippen molar-refractivity contribution in [1.29, 1.82) is 0 Å². The standard InChI is InChI=1S/C17H24F2N2/c18-17(19,15-7-3-1-4-8-15)14-21-12-11-20-16(13-21)9-5-2-6-10-16/h1,3-4,7-8,20H,2,5-6,9-14H2. The molecule has 0 bridgehead atoms. The lowest BCUT2D eigenvalue weighted by molar-refractivity contribution is -0.0522. The van der Waals surface area contributed by atoms with Crippen molar-refractivity contribution in [3.05, 3.63) is 35.9 Å². The second-order valence-electron chi connectivity index (χ2n) is 6.55. The Morgan fingerprint density at radius 1 is 1.10 bits per heavy atom. The summed E-state index contributed by atoms with van der Waals surface area (Å²) in [6.45, 7) is 2.13. The molecule has 2 nitrogen and oxygen atoms in total. The van der Waals surface area contributed by atoms with E-state index in [2.05, 4.69) is 5.32 Å². The normalized spacial score (nSPS) is 23.3. The summed E-state index contributed by atoms with van der Waals surface area (Å²) in [6.07, 6.45) is 5.97. The first-order chi connectivity index (χ1) is 10.1. The molecular formula is C17H24F2N2. The Balaban J connectivity index is 1.67. The van der Waals surface area contributed by atoms with Crippen LogP contribution in [-0.2, 0) is 5.92 Å². The van der Waals surface area contributed by atoms with Gasteiger partial charge in [0.15, 0.2) is 0 Å². The fraction of sp³-hybridized carbons (Fsp3) is 0.647. The number of piperazine rings is 1. The second-order valence-corrected chi connectivity index (χ2v) is 6.55. The van der Waals surface area contributed by atoms with E-state index in [1.807, 2.05) is 4.90 Å². The fourth-order valence-electron chi connectivity index (χ4n) is 3.79. The van der Waals surface area contributed by atoms with Crippen LogP contribution in [0, 0.1) is 0 Å². The number of hydrogen-bond acceptors (Lipinski definition) is 2. The first kappa shape index (κ1) is 14.9. The minimum atomic E-state index is -2.77. The maximum Gasteiger partial charge on any atom is 0.285 e. The van der Waals surface area contributed by atoms with Crippen molar-refractivity contribution in [2.75, 3.05) is 26.2 Å². The van der Waals surface area contributed by atoms with Crippen molar-refractivity contribution in [3.8, 4) is 0 Å². The smallest absolute Gasteiger partial charge is 0.285 e. The van der Waals surface area contributed by atoms with E-state index < -0.39 is 5.92 Å². The Morgan fingerprint density at radius 3 is 2.52 bits per heavy atom. The van der Waals surface area contributed by atoms with Crippen LogP contribution in [0.2, 0.25) is 0 Å². The summed E-state index contributed by atoms with van der Waals surface area (Å²) < 4.78 is 28.9. The van der Waals surface area contributed by atoms with Crippen LogP contribution in [0.15, 0.2) is 30.3 Å². The molecule has 1 aromatic rings. The SMILES string of the molecule is FC(F)(CN1CCNC2(CCCCC2)C1)c1ccccc1. The van der Waals surface area contributed by atoms with Crippen LogP contribution in [0.3, 0.4) is 0 Å². The number of alkyl halides is 2. The zero-order valence-electron chi connectivity index (χ0n) is 12.5. The molecule has 3 rings (SSSR count). The molecule has 1 aliphatic heterocycles. The summed E-state index contributed by atoms with van der Waals surface area (Å²) in [5.41, 5.74) is 0.213. The maximum absolute atomic E-state index is 14.4. The third kappa shape index (κ3) is 3.43. The summed E-state index contributed by atoms with van der Waals surface area (Å²) >= 11 is 0. The monoisotopic (exact) mass is 294 g/mol. The van der Waals surface area contributed by atoms with E-state index in [-0.39, 0.29) is 17.6 Å². The molecule has 1 spiro atoms. The summed E-state index contributed by atoms with van der Waals surface area (Å²) in [5, 5.41) is 3.60. The average molecular weight is 294 g/mol. The van der Waals surface area contributed by atoms with Gasteiger partial charge in [0.25, 0.3) is 5.92 Å². The van der Waals surface area contributed by atoms with Gasteiger partial charge in [0.1, 0.15) is 0 Å². The number of benzene rings is 1. The van der Waals surface area contributed by atoms with Crippen LogP contribution in [0.5, 0.6) is 0 Å². The van der Waals surface area contributed by atoms with Crippen LogP contribution >= 0.6 is 0 Å². The Labute approximate surface area is 125 Å². The van der Waals surface area contributed by atoms with Gasteiger partial charge in [-0.25, -0.2) is 0 Å². The van der Waals surface area contributed by atoms with Crippen molar-refractivity contribution < 1.29 is 8.78 Å². The second kappa shape index (κ2) is 6.01. The Hall–Kier alpha value is -1.00. The minimum absolute atomic E-state index is 0.0866. The lowest BCUT2D eigenvalue weighted by atomic mass is 9.80. The van der Waals surface area contributed by atoms with Gasteiger partial charge in [-0.05, 0) is 12.8 Å². The highest BCUT2D eigenvalue weighted by Gasteiger charge is 2.40. The van der Waals surface area contributed by atoms with Crippen molar-refractivity contribution >= 4 is 0 Å². The van der Waals surface area contributed by atoms with Gasteiger partial charge < -0.3 is 5.32 Å². The third-order valence-corrected chi connectivity index (χ3v) is 4.88. The fourth-order valence-corrected chi connectivity index (χ4v) is 3.79. The molecule has 4 heteroatoms. The predicted octanol–water partition coefficient (Wildman–Crippen LogP) is 3.39. The van der Waals surface area contributed by atoms with E-state index in [0.717, 1.165) is 25.9 Å². The molecule has 1 saturated carbocycles. The summed E-state index contributed by atoms with van der Waals surface area (Å²) in [6, 6.07) is 8.20. The van der Waals surface area contributed by atoms with E-state index in [1.54, 1.807) is 18.2 Å². The number of hydrogen-bond donors (Lipinski definition) is 1. The Bertz CT molecular complexity index is 450. The van der Waals surface area contributed by atoms with Gasteiger partial charge in [0.05, 0.1) is 6.54 Å². The van der Waals surface area contributed by atoms with Gasteiger partial charge >= 0.3 is 0 Å². The van der Waals surface area contributed by atoms with Crippen LogP contribution in [0.1, 0.15) is 37.7 Å². The Morgan fingerprint density at radius 2 is 1.81 bits per heavy atom. The summed E-state index contributed by atoms with van der Waals surface area (Å²) in [5.74, 6) is -2.77. The molecular weight excluding hydrogens is 270 g/mol. The molecule has 0 atom stereocenters. The van der Waals surface area contributed by atoms with Gasteiger partial charge in [-0.3, -0.25) is 4.90 Å². The molecule has 1 heterocycles. The number of rotatable bonds is 3. The number of halogens is 2. The number of nitrogens with zero attached hydrogens (tertiary/aromatic N) is 1. The van der Waals surface area contributed by atoms with E-state index in [9.17, 15) is 8.78 Å².